The summed E-state index contributed by atoms with van der Waals surface area (Å²) in [5.74, 6) is 0. The molecule has 0 bridgehead atoms. The van der Waals surface area contributed by atoms with Crippen molar-refractivity contribution >= 4 is 8.24 Å². The van der Waals surface area contributed by atoms with E-state index in [4.69, 9.17) is 0 Å². The molecule has 1 aliphatic carbocycles. The van der Waals surface area contributed by atoms with E-state index in [1.54, 1.807) is 5.57 Å². The molecule has 0 radical (unpaired) electrons. The van der Waals surface area contributed by atoms with Crippen molar-refractivity contribution < 1.29 is 0 Å². The van der Waals surface area contributed by atoms with Gasteiger partial charge in [-0.05, 0) is 38.4 Å². The van der Waals surface area contributed by atoms with Crippen LogP contribution in [0.4, 0.5) is 0 Å². The minimum absolute atomic E-state index is 1.11. The highest BCUT2D eigenvalue weighted by Crippen LogP contribution is 2.27. The smallest absolute Gasteiger partial charge is 0.126 e. The van der Waals surface area contributed by atoms with Crippen LogP contribution in [0.1, 0.15) is 19.3 Å². The molecule has 2 heteroatoms. The van der Waals surface area contributed by atoms with E-state index in [9.17, 15) is 0 Å². The van der Waals surface area contributed by atoms with Gasteiger partial charge in [-0.1, -0.05) is 36.9 Å². The maximum Gasteiger partial charge on any atom is 0.126 e. The third-order valence-electron chi connectivity index (χ3n) is 3.47. The zero-order valence-corrected chi connectivity index (χ0v) is 10.4. The van der Waals surface area contributed by atoms with Gasteiger partial charge in [0.1, 0.15) is 8.24 Å². The molecular formula is C12H21NSi. The Morgan fingerprint density at radius 1 is 1.29 bits per heavy atom. The summed E-state index contributed by atoms with van der Waals surface area (Å²) in [5.41, 5.74) is 1.66. The SMILES string of the molecule is C[Si](C)(CC1=CC=CC1)N1CCCC1. The number of nitrogens with zero attached hydrogens (tertiary/aromatic N) is 1. The Morgan fingerprint density at radius 2 is 2.00 bits per heavy atom. The number of hydrogen-bond acceptors (Lipinski definition) is 1. The van der Waals surface area contributed by atoms with Crippen LogP contribution in [0.3, 0.4) is 0 Å². The van der Waals surface area contributed by atoms with Gasteiger partial charge in [0.15, 0.2) is 0 Å². The Balaban J connectivity index is 1.93. The summed E-state index contributed by atoms with van der Waals surface area (Å²) in [6, 6.07) is 1.38. The fourth-order valence-corrected chi connectivity index (χ4v) is 5.74. The summed E-state index contributed by atoms with van der Waals surface area (Å²) < 4.78 is 2.78. The molecule has 0 N–H and O–H groups in total. The lowest BCUT2D eigenvalue weighted by Crippen LogP contribution is -2.46. The zero-order chi connectivity index (χ0) is 10.0. The Morgan fingerprint density at radius 3 is 2.57 bits per heavy atom. The van der Waals surface area contributed by atoms with E-state index in [0.29, 0.717) is 0 Å². The summed E-state index contributed by atoms with van der Waals surface area (Å²) >= 11 is 0. The molecule has 0 amide bonds. The Hall–Kier alpha value is -0.343. The largest absolute Gasteiger partial charge is 0.323 e. The molecule has 0 aromatic heterocycles. The molecule has 1 heterocycles. The summed E-state index contributed by atoms with van der Waals surface area (Å²) in [4.78, 5) is 0. The Kier molecular flexibility index (Phi) is 2.93. The van der Waals surface area contributed by atoms with Gasteiger partial charge in [-0.25, -0.2) is 0 Å². The van der Waals surface area contributed by atoms with E-state index in [1.165, 1.54) is 38.4 Å². The first-order valence-electron chi connectivity index (χ1n) is 5.78. The lowest BCUT2D eigenvalue weighted by molar-refractivity contribution is 0.519. The van der Waals surface area contributed by atoms with Crippen LogP contribution in [0.15, 0.2) is 23.8 Å². The molecule has 0 aromatic rings. The summed E-state index contributed by atoms with van der Waals surface area (Å²) in [7, 11) is -1.11. The first kappa shape index (κ1) is 10.2. The second-order valence-electron chi connectivity index (χ2n) is 5.14. The van der Waals surface area contributed by atoms with E-state index < -0.39 is 8.24 Å². The van der Waals surface area contributed by atoms with Crippen molar-refractivity contribution in [3.05, 3.63) is 23.8 Å². The molecule has 78 valence electrons. The average molecular weight is 207 g/mol. The van der Waals surface area contributed by atoms with Crippen LogP contribution >= 0.6 is 0 Å². The van der Waals surface area contributed by atoms with Crippen molar-refractivity contribution in [1.29, 1.82) is 0 Å². The van der Waals surface area contributed by atoms with E-state index >= 15 is 0 Å². The van der Waals surface area contributed by atoms with Gasteiger partial charge in [0.05, 0.1) is 0 Å². The molecule has 0 spiro atoms. The molecule has 1 fully saturated rings. The highest BCUT2D eigenvalue weighted by atomic mass is 28.3. The molecule has 2 aliphatic rings. The van der Waals surface area contributed by atoms with Gasteiger partial charge >= 0.3 is 0 Å². The Labute approximate surface area is 88.6 Å². The van der Waals surface area contributed by atoms with E-state index in [2.05, 4.69) is 35.9 Å². The highest BCUT2D eigenvalue weighted by Gasteiger charge is 2.31. The van der Waals surface area contributed by atoms with E-state index in [1.807, 2.05) is 0 Å². The van der Waals surface area contributed by atoms with Gasteiger partial charge in [-0.15, -0.1) is 0 Å². The minimum Gasteiger partial charge on any atom is -0.323 e. The highest BCUT2D eigenvalue weighted by molar-refractivity contribution is 6.75. The molecule has 0 atom stereocenters. The molecule has 1 nitrogen and oxygen atoms in total. The summed E-state index contributed by atoms with van der Waals surface area (Å²) in [6.45, 7) is 7.77. The van der Waals surface area contributed by atoms with Gasteiger partial charge in [0, 0.05) is 0 Å². The van der Waals surface area contributed by atoms with Crippen LogP contribution in [0.25, 0.3) is 0 Å². The van der Waals surface area contributed by atoms with Gasteiger partial charge in [-0.2, -0.15) is 0 Å². The number of hydrogen-bond donors (Lipinski definition) is 0. The quantitative estimate of drug-likeness (QED) is 0.643. The van der Waals surface area contributed by atoms with Gasteiger partial charge < -0.3 is 4.57 Å². The fraction of sp³-hybridized carbons (Fsp3) is 0.667. The summed E-state index contributed by atoms with van der Waals surface area (Å²) in [6.07, 6.45) is 10.9. The summed E-state index contributed by atoms with van der Waals surface area (Å²) in [5, 5.41) is 0. The van der Waals surface area contributed by atoms with Crippen LogP contribution in [-0.4, -0.2) is 25.9 Å². The predicted molar refractivity (Wildman–Crippen MR) is 64.9 cm³/mol. The van der Waals surface area contributed by atoms with Crippen molar-refractivity contribution in [2.45, 2.75) is 38.4 Å². The fourth-order valence-electron chi connectivity index (χ4n) is 2.61. The number of rotatable bonds is 3. The molecule has 0 aromatic carbocycles. The molecule has 14 heavy (non-hydrogen) atoms. The molecule has 1 saturated heterocycles. The normalized spacial score (nSPS) is 23.1. The standard InChI is InChI=1S/C12H21NSi/c1-14(2,13-9-5-6-10-13)11-12-7-3-4-8-12/h3-4,7H,5-6,8-11H2,1-2H3. The van der Waals surface area contributed by atoms with Crippen molar-refractivity contribution in [1.82, 2.24) is 4.57 Å². The number of allylic oxidation sites excluding steroid dienone is 4. The lowest BCUT2D eigenvalue weighted by atomic mass is 10.3. The van der Waals surface area contributed by atoms with Gasteiger partial charge in [-0.3, -0.25) is 0 Å². The Bertz CT molecular complexity index is 259. The maximum absolute atomic E-state index is 2.78. The topological polar surface area (TPSA) is 3.24 Å². The molecule has 0 saturated carbocycles. The third kappa shape index (κ3) is 2.18. The van der Waals surface area contributed by atoms with Crippen molar-refractivity contribution in [2.24, 2.45) is 0 Å². The molecule has 1 aliphatic heterocycles. The average Bonchev–Trinajstić information content (AvgIpc) is 2.71. The van der Waals surface area contributed by atoms with Gasteiger partial charge in [0.25, 0.3) is 0 Å². The maximum atomic E-state index is 2.78. The van der Waals surface area contributed by atoms with E-state index in [0.717, 1.165) is 0 Å². The first-order valence-corrected chi connectivity index (χ1v) is 8.93. The lowest BCUT2D eigenvalue weighted by Gasteiger charge is -2.33. The van der Waals surface area contributed by atoms with Crippen LogP contribution in [0.5, 0.6) is 0 Å². The van der Waals surface area contributed by atoms with Crippen LogP contribution in [0.2, 0.25) is 19.1 Å². The predicted octanol–water partition coefficient (Wildman–Crippen LogP) is 3.17. The van der Waals surface area contributed by atoms with Crippen LogP contribution < -0.4 is 0 Å². The minimum atomic E-state index is -1.11. The first-order chi connectivity index (χ1) is 6.68. The van der Waals surface area contributed by atoms with Crippen molar-refractivity contribution in [3.63, 3.8) is 0 Å². The second-order valence-corrected chi connectivity index (χ2v) is 9.75. The van der Waals surface area contributed by atoms with Crippen LogP contribution in [-0.2, 0) is 0 Å². The van der Waals surface area contributed by atoms with E-state index in [-0.39, 0.29) is 0 Å². The zero-order valence-electron chi connectivity index (χ0n) is 9.42. The van der Waals surface area contributed by atoms with Crippen molar-refractivity contribution in [3.8, 4) is 0 Å². The second kappa shape index (κ2) is 4.03. The van der Waals surface area contributed by atoms with Crippen molar-refractivity contribution in [2.75, 3.05) is 13.1 Å². The molecule has 2 rings (SSSR count). The van der Waals surface area contributed by atoms with Gasteiger partial charge in [0.2, 0.25) is 0 Å². The molecule has 0 unspecified atom stereocenters. The third-order valence-corrected chi connectivity index (χ3v) is 6.95. The van der Waals surface area contributed by atoms with Crippen LogP contribution in [0, 0.1) is 0 Å². The monoisotopic (exact) mass is 207 g/mol. The molecular weight excluding hydrogens is 186 g/mol.